The van der Waals surface area contributed by atoms with Crippen molar-refractivity contribution in [2.24, 2.45) is 11.8 Å². The molecule has 1 spiro atoms. The highest BCUT2D eigenvalue weighted by Gasteiger charge is 2.66. The standard InChI is InChI=1S/C21H21N3O3S/c1-2-24-12-21-9-8-15(27-21)16(17(21)19(24)26)18(25)23-20-22-11-14(28-20)10-13-6-4-3-5-7-13/h3-9,11,15-17H,2,10,12H2,1H3,(H,22,23,25). The fourth-order valence-corrected chi connectivity index (χ4v) is 5.43. The lowest BCUT2D eigenvalue weighted by atomic mass is 9.77. The average Bonchev–Trinajstić information content (AvgIpc) is 3.44. The molecule has 2 saturated heterocycles. The monoisotopic (exact) mass is 395 g/mol. The Balaban J connectivity index is 1.31. The second-order valence-corrected chi connectivity index (χ2v) is 8.65. The number of benzene rings is 1. The summed E-state index contributed by atoms with van der Waals surface area (Å²) in [6, 6.07) is 10.2. The third-order valence-electron chi connectivity index (χ3n) is 5.87. The number of hydrogen-bond donors (Lipinski definition) is 1. The van der Waals surface area contributed by atoms with Gasteiger partial charge in [-0.25, -0.2) is 4.98 Å². The van der Waals surface area contributed by atoms with Crippen molar-refractivity contribution in [1.82, 2.24) is 9.88 Å². The Morgan fingerprint density at radius 1 is 1.39 bits per heavy atom. The molecule has 1 aromatic carbocycles. The lowest BCUT2D eigenvalue weighted by molar-refractivity contribution is -0.135. The van der Waals surface area contributed by atoms with Crippen LogP contribution in [0.4, 0.5) is 5.13 Å². The summed E-state index contributed by atoms with van der Waals surface area (Å²) in [6.45, 7) is 3.11. The number of amides is 2. The van der Waals surface area contributed by atoms with E-state index < -0.39 is 17.4 Å². The van der Waals surface area contributed by atoms with Gasteiger partial charge in [0, 0.05) is 24.0 Å². The molecule has 4 heterocycles. The SMILES string of the molecule is CCN1CC23C=CC(O2)C(C(=O)Nc2ncc(Cc4ccccc4)s2)C3C1=O. The van der Waals surface area contributed by atoms with Crippen LogP contribution in [-0.2, 0) is 20.7 Å². The van der Waals surface area contributed by atoms with Crippen LogP contribution in [-0.4, -0.2) is 46.5 Å². The van der Waals surface area contributed by atoms with Crippen molar-refractivity contribution in [3.63, 3.8) is 0 Å². The summed E-state index contributed by atoms with van der Waals surface area (Å²) in [5.41, 5.74) is 0.565. The van der Waals surface area contributed by atoms with Crippen LogP contribution >= 0.6 is 11.3 Å². The Hall–Kier alpha value is -2.51. The first kappa shape index (κ1) is 17.6. The number of likely N-dealkylation sites (N-methyl/N-ethyl adjacent to an activating group) is 1. The number of ether oxygens (including phenoxy) is 1. The predicted molar refractivity (Wildman–Crippen MR) is 106 cm³/mol. The van der Waals surface area contributed by atoms with Gasteiger partial charge in [-0.3, -0.25) is 9.59 Å². The van der Waals surface area contributed by atoms with Crippen LogP contribution in [0.3, 0.4) is 0 Å². The Morgan fingerprint density at radius 3 is 3.00 bits per heavy atom. The highest BCUT2D eigenvalue weighted by atomic mass is 32.1. The van der Waals surface area contributed by atoms with Crippen molar-refractivity contribution in [1.29, 1.82) is 0 Å². The molecule has 2 aromatic rings. The van der Waals surface area contributed by atoms with Gasteiger partial charge in [0.15, 0.2) is 5.13 Å². The molecule has 3 aliphatic heterocycles. The smallest absolute Gasteiger partial charge is 0.233 e. The van der Waals surface area contributed by atoms with E-state index in [4.69, 9.17) is 4.74 Å². The summed E-state index contributed by atoms with van der Waals surface area (Å²) in [6.07, 6.45) is 6.14. The Kier molecular flexibility index (Phi) is 4.10. The highest BCUT2D eigenvalue weighted by molar-refractivity contribution is 7.15. The van der Waals surface area contributed by atoms with Gasteiger partial charge >= 0.3 is 0 Å². The molecule has 0 radical (unpaired) electrons. The maximum absolute atomic E-state index is 13.0. The van der Waals surface area contributed by atoms with Crippen molar-refractivity contribution in [2.75, 3.05) is 18.4 Å². The average molecular weight is 395 g/mol. The normalized spacial score (nSPS) is 30.1. The summed E-state index contributed by atoms with van der Waals surface area (Å²) in [5, 5.41) is 3.49. The van der Waals surface area contributed by atoms with E-state index in [1.54, 1.807) is 11.1 Å². The quantitative estimate of drug-likeness (QED) is 0.790. The summed E-state index contributed by atoms with van der Waals surface area (Å²) in [7, 11) is 0. The minimum Gasteiger partial charge on any atom is -0.360 e. The van der Waals surface area contributed by atoms with E-state index in [9.17, 15) is 9.59 Å². The van der Waals surface area contributed by atoms with Crippen LogP contribution in [0.25, 0.3) is 0 Å². The van der Waals surface area contributed by atoms with Crippen molar-refractivity contribution >= 4 is 28.3 Å². The molecule has 4 atom stereocenters. The van der Waals surface area contributed by atoms with E-state index in [1.165, 1.54) is 16.9 Å². The van der Waals surface area contributed by atoms with Gasteiger partial charge in [-0.15, -0.1) is 11.3 Å². The van der Waals surface area contributed by atoms with E-state index in [0.717, 1.165) is 11.3 Å². The number of likely N-dealkylation sites (tertiary alicyclic amines) is 1. The third-order valence-corrected chi connectivity index (χ3v) is 6.78. The number of hydrogen-bond acceptors (Lipinski definition) is 5. The minimum atomic E-state index is -0.638. The number of fused-ring (bicyclic) bond motifs is 1. The molecule has 28 heavy (non-hydrogen) atoms. The Labute approximate surface area is 167 Å². The molecule has 1 aromatic heterocycles. The van der Waals surface area contributed by atoms with Crippen molar-refractivity contribution in [3.05, 3.63) is 59.1 Å². The molecule has 7 heteroatoms. The van der Waals surface area contributed by atoms with Crippen molar-refractivity contribution in [2.45, 2.75) is 25.0 Å². The maximum atomic E-state index is 13.0. The van der Waals surface area contributed by atoms with Gasteiger partial charge in [-0.05, 0) is 12.5 Å². The van der Waals surface area contributed by atoms with Crippen molar-refractivity contribution in [3.8, 4) is 0 Å². The first-order chi connectivity index (χ1) is 13.6. The van der Waals surface area contributed by atoms with Gasteiger partial charge in [0.1, 0.15) is 5.60 Å². The molecule has 2 amide bonds. The van der Waals surface area contributed by atoms with Crippen LogP contribution in [0.1, 0.15) is 17.4 Å². The van der Waals surface area contributed by atoms with Gasteiger partial charge in [-0.2, -0.15) is 0 Å². The molecular weight excluding hydrogens is 374 g/mol. The van der Waals surface area contributed by atoms with E-state index in [-0.39, 0.29) is 17.9 Å². The number of anilines is 1. The maximum Gasteiger partial charge on any atom is 0.233 e. The zero-order valence-electron chi connectivity index (χ0n) is 15.5. The number of rotatable bonds is 5. The third kappa shape index (κ3) is 2.69. The van der Waals surface area contributed by atoms with Crippen LogP contribution in [0, 0.1) is 11.8 Å². The summed E-state index contributed by atoms with van der Waals surface area (Å²) < 4.78 is 6.09. The zero-order valence-corrected chi connectivity index (χ0v) is 16.3. The summed E-state index contributed by atoms with van der Waals surface area (Å²) in [4.78, 5) is 33.0. The largest absolute Gasteiger partial charge is 0.360 e. The molecule has 0 saturated carbocycles. The molecule has 2 fully saturated rings. The lowest BCUT2D eigenvalue weighted by Gasteiger charge is -2.23. The second kappa shape index (κ2) is 6.53. The number of thiazole rings is 1. The topological polar surface area (TPSA) is 71.5 Å². The summed E-state index contributed by atoms with van der Waals surface area (Å²) >= 11 is 1.47. The van der Waals surface area contributed by atoms with E-state index in [1.807, 2.05) is 37.3 Å². The van der Waals surface area contributed by atoms with Gasteiger partial charge in [-0.1, -0.05) is 42.5 Å². The van der Waals surface area contributed by atoms with Crippen molar-refractivity contribution < 1.29 is 14.3 Å². The molecule has 144 valence electrons. The van der Waals surface area contributed by atoms with Gasteiger partial charge in [0.25, 0.3) is 0 Å². The number of nitrogens with zero attached hydrogens (tertiary/aromatic N) is 2. The minimum absolute atomic E-state index is 0.0124. The van der Waals surface area contributed by atoms with Gasteiger partial charge in [0.05, 0.1) is 24.5 Å². The molecule has 2 bridgehead atoms. The van der Waals surface area contributed by atoms with E-state index in [0.29, 0.717) is 18.2 Å². The fraction of sp³-hybridized carbons (Fsp3) is 0.381. The summed E-state index contributed by atoms with van der Waals surface area (Å²) in [5.74, 6) is -1.12. The van der Waals surface area contributed by atoms with Crippen LogP contribution in [0.2, 0.25) is 0 Å². The number of carbonyl (C=O) groups excluding carboxylic acids is 2. The molecule has 6 nitrogen and oxygen atoms in total. The molecular formula is C21H21N3O3S. The zero-order chi connectivity index (χ0) is 19.3. The van der Waals surface area contributed by atoms with Crippen LogP contribution in [0.15, 0.2) is 48.7 Å². The van der Waals surface area contributed by atoms with Crippen LogP contribution < -0.4 is 5.32 Å². The van der Waals surface area contributed by atoms with Gasteiger partial charge in [0.2, 0.25) is 11.8 Å². The fourth-order valence-electron chi connectivity index (χ4n) is 4.58. The molecule has 1 N–H and O–H groups in total. The molecule has 0 aliphatic carbocycles. The van der Waals surface area contributed by atoms with E-state index in [2.05, 4.69) is 22.4 Å². The highest BCUT2D eigenvalue weighted by Crippen LogP contribution is 2.52. The number of nitrogens with one attached hydrogen (secondary N) is 1. The predicted octanol–water partition coefficient (Wildman–Crippen LogP) is 2.47. The number of aromatic nitrogens is 1. The molecule has 4 unspecified atom stereocenters. The first-order valence-corrected chi connectivity index (χ1v) is 10.4. The molecule has 5 rings (SSSR count). The van der Waals surface area contributed by atoms with Gasteiger partial charge < -0.3 is 15.0 Å². The second-order valence-electron chi connectivity index (χ2n) is 7.54. The lowest BCUT2D eigenvalue weighted by Crippen LogP contribution is -2.41. The Bertz CT molecular complexity index is 957. The first-order valence-electron chi connectivity index (χ1n) is 9.55. The van der Waals surface area contributed by atoms with E-state index >= 15 is 0 Å². The van der Waals surface area contributed by atoms with Crippen LogP contribution in [0.5, 0.6) is 0 Å². The number of carbonyl (C=O) groups is 2. The molecule has 3 aliphatic rings. The Morgan fingerprint density at radius 2 is 2.21 bits per heavy atom.